The molecule has 0 fully saturated rings. The minimum atomic E-state index is 0. The van der Waals surface area contributed by atoms with Crippen LogP contribution in [0.15, 0.2) is 90.1 Å². The molecule has 0 radical (unpaired) electrons. The molecule has 112 valence electrons. The summed E-state index contributed by atoms with van der Waals surface area (Å²) in [6.07, 6.45) is 0.943. The van der Waals surface area contributed by atoms with E-state index >= 15 is 0 Å². The number of hydrogen-bond donors (Lipinski definition) is 0. The Morgan fingerprint density at radius 3 is 2.23 bits per heavy atom. The van der Waals surface area contributed by atoms with E-state index in [0.717, 1.165) is 17.7 Å². The minimum Gasteiger partial charge on any atom is -0.400 e. The Kier molecular flexibility index (Phi) is 6.20. The van der Waals surface area contributed by atoms with Gasteiger partial charge in [0.2, 0.25) is 0 Å². The van der Waals surface area contributed by atoms with E-state index in [1.807, 2.05) is 60.7 Å². The molecule has 1 unspecified atom stereocenters. The van der Waals surface area contributed by atoms with Gasteiger partial charge in [0.15, 0.2) is 0 Å². The largest absolute Gasteiger partial charge is 2.00 e. The maximum Gasteiger partial charge on any atom is 2.00 e. The van der Waals surface area contributed by atoms with E-state index in [1.54, 1.807) is 0 Å². The third-order valence-corrected chi connectivity index (χ3v) is 3.39. The third-order valence-electron chi connectivity index (χ3n) is 3.39. The fourth-order valence-corrected chi connectivity index (χ4v) is 2.28. The first-order chi connectivity index (χ1) is 10.4. The van der Waals surface area contributed by atoms with E-state index in [9.17, 15) is 0 Å². The van der Waals surface area contributed by atoms with Crippen LogP contribution in [0.3, 0.4) is 0 Å². The molecule has 0 amide bonds. The fourth-order valence-electron chi connectivity index (χ4n) is 2.28. The van der Waals surface area contributed by atoms with E-state index in [4.69, 9.17) is 4.84 Å². The van der Waals surface area contributed by atoms with Gasteiger partial charge in [-0.3, -0.25) is 0 Å². The van der Waals surface area contributed by atoms with Crippen LogP contribution in [-0.2, 0) is 21.9 Å². The zero-order chi connectivity index (χ0) is 14.3. The second-order valence-corrected chi connectivity index (χ2v) is 4.88. The van der Waals surface area contributed by atoms with Gasteiger partial charge in [-0.25, -0.2) is 24.3 Å². The summed E-state index contributed by atoms with van der Waals surface area (Å²) in [6, 6.07) is 28.4. The molecule has 0 aromatic heterocycles. The summed E-state index contributed by atoms with van der Waals surface area (Å²) in [5, 5.41) is 4.16. The molecular weight excluding hydrogens is 314 g/mol. The van der Waals surface area contributed by atoms with Crippen molar-refractivity contribution in [3.05, 3.63) is 96.1 Å². The number of hydrogen-bond acceptors (Lipinski definition) is 2. The summed E-state index contributed by atoms with van der Waals surface area (Å²) < 4.78 is 0. The fraction of sp³-hybridized carbons (Fsp3) is 0.105. The number of oxime groups is 1. The molecule has 0 bridgehead atoms. The van der Waals surface area contributed by atoms with Crippen molar-refractivity contribution < 1.29 is 21.9 Å². The van der Waals surface area contributed by atoms with Gasteiger partial charge < -0.3 is 4.84 Å². The zero-order valence-electron chi connectivity index (χ0n) is 12.1. The smallest absolute Gasteiger partial charge is 0.400 e. The summed E-state index contributed by atoms with van der Waals surface area (Å²) in [5.41, 5.74) is 3.39. The van der Waals surface area contributed by atoms with Crippen LogP contribution in [0, 0.1) is 0 Å². The van der Waals surface area contributed by atoms with Crippen molar-refractivity contribution in [3.8, 4) is 0 Å². The SMILES string of the molecule is [Fe+2].c1cc[cH-]c1.c1ccc(C2=NOC([c-]3cccc3)C2)cc1. The zero-order valence-corrected chi connectivity index (χ0v) is 13.2. The van der Waals surface area contributed by atoms with E-state index < -0.39 is 0 Å². The summed E-state index contributed by atoms with van der Waals surface area (Å²) in [4.78, 5) is 5.45. The normalized spacial score (nSPS) is 15.8. The van der Waals surface area contributed by atoms with Crippen molar-refractivity contribution in [2.24, 2.45) is 5.16 Å². The summed E-state index contributed by atoms with van der Waals surface area (Å²) >= 11 is 0. The second-order valence-electron chi connectivity index (χ2n) is 4.88. The molecule has 22 heavy (non-hydrogen) atoms. The number of rotatable bonds is 2. The van der Waals surface area contributed by atoms with E-state index in [-0.39, 0.29) is 23.2 Å². The number of benzene rings is 1. The van der Waals surface area contributed by atoms with Gasteiger partial charge in [-0.1, -0.05) is 35.5 Å². The van der Waals surface area contributed by atoms with E-state index in [1.165, 1.54) is 5.56 Å². The van der Waals surface area contributed by atoms with Crippen molar-refractivity contribution in [1.82, 2.24) is 0 Å². The van der Waals surface area contributed by atoms with Crippen molar-refractivity contribution in [3.63, 3.8) is 0 Å². The summed E-state index contributed by atoms with van der Waals surface area (Å²) in [5.74, 6) is 0. The van der Waals surface area contributed by atoms with Gasteiger partial charge in [-0.2, -0.15) is 30.3 Å². The van der Waals surface area contributed by atoms with Crippen molar-refractivity contribution in [2.45, 2.75) is 12.5 Å². The first-order valence-electron chi connectivity index (χ1n) is 7.10. The van der Waals surface area contributed by atoms with Gasteiger partial charge in [0, 0.05) is 6.42 Å². The van der Waals surface area contributed by atoms with Gasteiger partial charge in [0.1, 0.15) is 6.10 Å². The maximum absolute atomic E-state index is 5.45. The molecule has 2 nitrogen and oxygen atoms in total. The van der Waals surface area contributed by atoms with Gasteiger partial charge in [0.25, 0.3) is 0 Å². The molecule has 0 saturated heterocycles. The molecule has 1 aliphatic heterocycles. The van der Waals surface area contributed by atoms with Crippen LogP contribution >= 0.6 is 0 Å². The van der Waals surface area contributed by atoms with Crippen molar-refractivity contribution >= 4 is 5.71 Å². The van der Waals surface area contributed by atoms with Crippen LogP contribution in [0.5, 0.6) is 0 Å². The Balaban J connectivity index is 0.000000253. The summed E-state index contributed by atoms with van der Waals surface area (Å²) in [7, 11) is 0. The van der Waals surface area contributed by atoms with Gasteiger partial charge in [-0.05, 0) is 5.56 Å². The predicted octanol–water partition coefficient (Wildman–Crippen LogP) is 4.67. The monoisotopic (exact) mass is 331 g/mol. The molecule has 4 rings (SSSR count). The molecule has 1 aliphatic rings. The Morgan fingerprint density at radius 2 is 1.64 bits per heavy atom. The second kappa shape index (κ2) is 8.38. The van der Waals surface area contributed by atoms with Crippen molar-refractivity contribution in [1.29, 1.82) is 0 Å². The molecule has 0 spiro atoms. The topological polar surface area (TPSA) is 21.6 Å². The quantitative estimate of drug-likeness (QED) is 0.494. The number of nitrogens with zero attached hydrogens (tertiary/aromatic N) is 1. The Morgan fingerprint density at radius 1 is 0.955 bits per heavy atom. The molecule has 3 heteroatoms. The van der Waals surface area contributed by atoms with E-state index in [0.29, 0.717) is 0 Å². The van der Waals surface area contributed by atoms with Crippen LogP contribution in [-0.4, -0.2) is 5.71 Å². The molecular formula is C19H17FeNO. The molecule has 0 N–H and O–H groups in total. The van der Waals surface area contributed by atoms with Crippen LogP contribution in [0.25, 0.3) is 0 Å². The standard InChI is InChI=1S/C14H12NO.C5H5.Fe/c1-2-6-11(7-3-1)13-10-14(16-15-13)12-8-4-5-9-12;1-2-4-5-3-1;/h1-9,14H,10H2;1-5H;/q2*-1;+2. The van der Waals surface area contributed by atoms with Gasteiger partial charge in [-0.15, -0.1) is 5.56 Å². The van der Waals surface area contributed by atoms with Crippen LogP contribution in [0.2, 0.25) is 0 Å². The first-order valence-corrected chi connectivity index (χ1v) is 7.10. The maximum atomic E-state index is 5.45. The van der Waals surface area contributed by atoms with Crippen LogP contribution in [0.1, 0.15) is 23.7 Å². The minimum absolute atomic E-state index is 0. The van der Waals surface area contributed by atoms with Crippen LogP contribution < -0.4 is 0 Å². The molecule has 1 atom stereocenters. The molecule has 0 saturated carbocycles. The predicted molar refractivity (Wildman–Crippen MR) is 85.5 cm³/mol. The van der Waals surface area contributed by atoms with E-state index in [2.05, 4.69) is 29.4 Å². The third kappa shape index (κ3) is 4.20. The van der Waals surface area contributed by atoms with Crippen LogP contribution in [0.4, 0.5) is 0 Å². The Hall–Kier alpha value is -2.09. The average Bonchev–Trinajstić information content (AvgIpc) is 3.30. The summed E-state index contributed by atoms with van der Waals surface area (Å²) in [6.45, 7) is 0. The van der Waals surface area contributed by atoms with Gasteiger partial charge in [0.05, 0.1) is 5.71 Å². The van der Waals surface area contributed by atoms with Crippen molar-refractivity contribution in [2.75, 3.05) is 0 Å². The molecule has 3 aromatic rings. The molecule has 3 aromatic carbocycles. The molecule has 0 aliphatic carbocycles. The Labute approximate surface area is 141 Å². The Bertz CT molecular complexity index is 640. The first kappa shape index (κ1) is 16.3. The van der Waals surface area contributed by atoms with Gasteiger partial charge >= 0.3 is 17.1 Å². The molecule has 1 heterocycles. The average molecular weight is 331 g/mol.